The van der Waals surface area contributed by atoms with Crippen LogP contribution in [0.15, 0.2) is 66.9 Å². The summed E-state index contributed by atoms with van der Waals surface area (Å²) in [5.41, 5.74) is 7.33. The molecule has 1 aromatic heterocycles. The van der Waals surface area contributed by atoms with Gasteiger partial charge in [-0.25, -0.2) is 0 Å². The molecule has 3 aromatic rings. The standard InChI is InChI=1S/C28H32N/c1-5-8-12-21-13-11-15-23-22(21)17-18-29-26(23)24-14-9-10-16-25(24)27(6-2)19-28(29,7-3)20(27)4/h9-11,13-18H,4-8,12,19H2,1-3H3/q+1. The van der Waals surface area contributed by atoms with Crippen molar-refractivity contribution in [3.8, 4) is 11.3 Å². The van der Waals surface area contributed by atoms with Gasteiger partial charge in [0.25, 0.3) is 0 Å². The summed E-state index contributed by atoms with van der Waals surface area (Å²) in [6, 6.07) is 18.4. The quantitative estimate of drug-likeness (QED) is 0.335. The number of hydrogen-bond acceptors (Lipinski definition) is 0. The van der Waals surface area contributed by atoms with Crippen LogP contribution in [0.3, 0.4) is 0 Å². The van der Waals surface area contributed by atoms with Crippen LogP contribution in [0.2, 0.25) is 0 Å². The van der Waals surface area contributed by atoms with Crippen molar-refractivity contribution in [3.63, 3.8) is 0 Å². The van der Waals surface area contributed by atoms with E-state index in [1.54, 1.807) is 0 Å². The molecule has 0 N–H and O–H groups in total. The van der Waals surface area contributed by atoms with Gasteiger partial charge < -0.3 is 0 Å². The van der Waals surface area contributed by atoms with Gasteiger partial charge >= 0.3 is 0 Å². The zero-order valence-electron chi connectivity index (χ0n) is 18.1. The van der Waals surface area contributed by atoms with Crippen molar-refractivity contribution in [2.24, 2.45) is 0 Å². The first-order chi connectivity index (χ1) is 14.1. The number of benzene rings is 2. The second kappa shape index (κ2) is 6.55. The van der Waals surface area contributed by atoms with E-state index >= 15 is 0 Å². The van der Waals surface area contributed by atoms with Gasteiger partial charge in [0.2, 0.25) is 5.69 Å². The lowest BCUT2D eigenvalue weighted by atomic mass is 9.49. The Balaban J connectivity index is 1.89. The molecule has 0 amide bonds. The monoisotopic (exact) mass is 382 g/mol. The summed E-state index contributed by atoms with van der Waals surface area (Å²) < 4.78 is 2.58. The second-order valence-corrected chi connectivity index (χ2v) is 9.04. The molecule has 2 aliphatic heterocycles. The zero-order chi connectivity index (χ0) is 20.2. The maximum Gasteiger partial charge on any atom is 0.221 e. The Hall–Kier alpha value is -2.41. The lowest BCUT2D eigenvalue weighted by Gasteiger charge is -2.53. The largest absolute Gasteiger partial charge is 0.221 e. The first kappa shape index (κ1) is 18.6. The average Bonchev–Trinajstić information content (AvgIpc) is 2.93. The Morgan fingerprint density at radius 2 is 1.76 bits per heavy atom. The summed E-state index contributed by atoms with van der Waals surface area (Å²) >= 11 is 0. The van der Waals surface area contributed by atoms with Crippen LogP contribution in [0, 0.1) is 0 Å². The van der Waals surface area contributed by atoms with Crippen LogP contribution in [0.25, 0.3) is 22.0 Å². The molecule has 3 heterocycles. The highest BCUT2D eigenvalue weighted by atomic mass is 15.1. The lowest BCUT2D eigenvalue weighted by Crippen LogP contribution is -2.68. The fraction of sp³-hybridized carbons (Fsp3) is 0.393. The summed E-state index contributed by atoms with van der Waals surface area (Å²) in [7, 11) is 0. The normalized spacial score (nSPS) is 24.6. The van der Waals surface area contributed by atoms with Crippen molar-refractivity contribution in [2.45, 2.75) is 70.3 Å². The van der Waals surface area contributed by atoms with Crippen molar-refractivity contribution in [1.29, 1.82) is 0 Å². The molecule has 1 saturated carbocycles. The molecule has 2 unspecified atom stereocenters. The van der Waals surface area contributed by atoms with Crippen molar-refractivity contribution in [3.05, 3.63) is 78.0 Å². The minimum atomic E-state index is 0.0397. The first-order valence-electron chi connectivity index (χ1n) is 11.4. The Labute approximate surface area is 175 Å². The van der Waals surface area contributed by atoms with E-state index in [-0.39, 0.29) is 11.0 Å². The molecule has 6 rings (SSSR count). The Kier molecular flexibility index (Phi) is 4.21. The summed E-state index contributed by atoms with van der Waals surface area (Å²) in [5, 5.41) is 2.82. The number of allylic oxidation sites excluding steroid dienone is 1. The molecule has 1 fully saturated rings. The SMILES string of the molecule is C=C1C2(CC)CC1(CC)[n+]1ccc3c(CCCC)cccc3c1-c1ccccc12. The van der Waals surface area contributed by atoms with E-state index in [1.807, 2.05) is 0 Å². The molecule has 1 heteroatoms. The second-order valence-electron chi connectivity index (χ2n) is 9.04. The minimum Gasteiger partial charge on any atom is -0.188 e. The van der Waals surface area contributed by atoms with Gasteiger partial charge in [-0.3, -0.25) is 0 Å². The summed E-state index contributed by atoms with van der Waals surface area (Å²) in [6.45, 7) is 11.7. The molecule has 0 spiro atoms. The fourth-order valence-corrected chi connectivity index (χ4v) is 6.27. The predicted octanol–water partition coefficient (Wildman–Crippen LogP) is 6.86. The van der Waals surface area contributed by atoms with E-state index in [4.69, 9.17) is 6.58 Å². The Bertz CT molecular complexity index is 1120. The van der Waals surface area contributed by atoms with Crippen LogP contribution >= 0.6 is 0 Å². The molecule has 2 aromatic carbocycles. The molecule has 2 atom stereocenters. The Morgan fingerprint density at radius 1 is 0.931 bits per heavy atom. The number of aryl methyl sites for hydroxylation is 1. The van der Waals surface area contributed by atoms with Crippen LogP contribution in [-0.4, -0.2) is 0 Å². The van der Waals surface area contributed by atoms with Crippen molar-refractivity contribution in [2.75, 3.05) is 0 Å². The number of rotatable bonds is 5. The number of nitrogens with zero attached hydrogens (tertiary/aromatic N) is 1. The first-order valence-corrected chi connectivity index (χ1v) is 11.4. The van der Waals surface area contributed by atoms with Gasteiger partial charge in [-0.2, -0.15) is 4.57 Å². The van der Waals surface area contributed by atoms with E-state index < -0.39 is 0 Å². The molecule has 3 aliphatic rings. The zero-order valence-corrected chi connectivity index (χ0v) is 18.1. The van der Waals surface area contributed by atoms with Gasteiger partial charge in [0.05, 0.1) is 10.9 Å². The average molecular weight is 383 g/mol. The highest BCUT2D eigenvalue weighted by Crippen LogP contribution is 2.62. The maximum atomic E-state index is 4.71. The number of hydrogen-bond donors (Lipinski definition) is 0. The topological polar surface area (TPSA) is 3.88 Å². The van der Waals surface area contributed by atoms with Crippen LogP contribution in [0.5, 0.6) is 0 Å². The third kappa shape index (κ3) is 2.25. The van der Waals surface area contributed by atoms with E-state index in [0.717, 1.165) is 19.3 Å². The summed E-state index contributed by atoms with van der Waals surface area (Å²) in [5.74, 6) is 0. The van der Waals surface area contributed by atoms with E-state index in [9.17, 15) is 0 Å². The van der Waals surface area contributed by atoms with Crippen molar-refractivity contribution in [1.82, 2.24) is 0 Å². The van der Waals surface area contributed by atoms with Crippen molar-refractivity contribution >= 4 is 10.8 Å². The molecule has 0 saturated heterocycles. The van der Waals surface area contributed by atoms with Crippen LogP contribution < -0.4 is 4.57 Å². The van der Waals surface area contributed by atoms with Gasteiger partial charge in [0, 0.05) is 29.9 Å². The number of unbranched alkanes of at least 4 members (excludes halogenated alkanes) is 1. The van der Waals surface area contributed by atoms with Gasteiger partial charge in [-0.15, -0.1) is 0 Å². The predicted molar refractivity (Wildman–Crippen MR) is 122 cm³/mol. The number of fused-ring (bicyclic) bond motifs is 1. The van der Waals surface area contributed by atoms with E-state index in [1.165, 1.54) is 58.0 Å². The summed E-state index contributed by atoms with van der Waals surface area (Å²) in [6.07, 6.45) is 9.39. The third-order valence-electron chi connectivity index (χ3n) is 7.96. The highest BCUT2D eigenvalue weighted by Gasteiger charge is 2.66. The van der Waals surface area contributed by atoms with Gasteiger partial charge in [-0.05, 0) is 47.9 Å². The minimum absolute atomic E-state index is 0.0397. The smallest absolute Gasteiger partial charge is 0.188 e. The van der Waals surface area contributed by atoms with Gasteiger partial charge in [0.1, 0.15) is 0 Å². The fourth-order valence-electron chi connectivity index (χ4n) is 6.27. The maximum absolute atomic E-state index is 4.71. The third-order valence-corrected chi connectivity index (χ3v) is 7.96. The molecule has 0 radical (unpaired) electrons. The van der Waals surface area contributed by atoms with Crippen molar-refractivity contribution < 1.29 is 4.57 Å². The number of aromatic nitrogens is 1. The number of pyridine rings is 1. The molecular formula is C28H32N+. The van der Waals surface area contributed by atoms with E-state index in [0.29, 0.717) is 0 Å². The summed E-state index contributed by atoms with van der Waals surface area (Å²) in [4.78, 5) is 0. The van der Waals surface area contributed by atoms with Crippen LogP contribution in [-0.2, 0) is 17.4 Å². The molecule has 148 valence electrons. The molecule has 1 nitrogen and oxygen atoms in total. The van der Waals surface area contributed by atoms with Gasteiger partial charge in [-0.1, -0.05) is 64.1 Å². The van der Waals surface area contributed by atoms with E-state index in [2.05, 4.69) is 80.1 Å². The molecular weight excluding hydrogens is 350 g/mol. The molecule has 29 heavy (non-hydrogen) atoms. The molecule has 2 bridgehead atoms. The van der Waals surface area contributed by atoms with Crippen LogP contribution in [0.4, 0.5) is 0 Å². The lowest BCUT2D eigenvalue weighted by molar-refractivity contribution is -0.755. The highest BCUT2D eigenvalue weighted by molar-refractivity contribution is 5.96. The van der Waals surface area contributed by atoms with Crippen LogP contribution in [0.1, 0.15) is 64.0 Å². The van der Waals surface area contributed by atoms with Gasteiger partial charge in [0.15, 0.2) is 11.7 Å². The Morgan fingerprint density at radius 3 is 2.48 bits per heavy atom. The molecule has 1 aliphatic carbocycles.